The summed E-state index contributed by atoms with van der Waals surface area (Å²) in [6.45, 7) is 1.82. The van der Waals surface area contributed by atoms with Gasteiger partial charge in [0, 0.05) is 24.4 Å². The van der Waals surface area contributed by atoms with Crippen LogP contribution in [0.5, 0.6) is 0 Å². The number of ether oxygens (including phenoxy) is 1. The molecule has 0 bridgehead atoms. The van der Waals surface area contributed by atoms with Gasteiger partial charge in [-0.2, -0.15) is 5.10 Å². The molecular weight excluding hydrogens is 470 g/mol. The highest BCUT2D eigenvalue weighted by atomic mass is 16.5. The van der Waals surface area contributed by atoms with Crippen LogP contribution in [0.1, 0.15) is 45.3 Å². The average molecular weight is 498 g/mol. The number of ketones is 1. The Labute approximate surface area is 213 Å². The van der Waals surface area contributed by atoms with E-state index in [1.165, 1.54) is 11.6 Å². The molecule has 0 aliphatic rings. The largest absolute Gasteiger partial charge is 0.452 e. The molecule has 0 spiro atoms. The van der Waals surface area contributed by atoms with Crippen molar-refractivity contribution >= 4 is 28.4 Å². The summed E-state index contributed by atoms with van der Waals surface area (Å²) in [4.78, 5) is 49.5. The van der Waals surface area contributed by atoms with Gasteiger partial charge >= 0.3 is 5.97 Å². The number of benzene rings is 3. The Balaban J connectivity index is 1.45. The lowest BCUT2D eigenvalue weighted by Gasteiger charge is -2.11. The molecule has 1 heterocycles. The Morgan fingerprint density at radius 3 is 2.24 bits per heavy atom. The third-order valence-corrected chi connectivity index (χ3v) is 5.86. The second kappa shape index (κ2) is 11.9. The summed E-state index contributed by atoms with van der Waals surface area (Å²) in [5, 5.41) is 7.77. The third kappa shape index (κ3) is 6.55. The van der Waals surface area contributed by atoms with Gasteiger partial charge in [-0.1, -0.05) is 72.8 Å². The molecule has 0 saturated heterocycles. The van der Waals surface area contributed by atoms with E-state index in [0.717, 1.165) is 24.0 Å². The van der Waals surface area contributed by atoms with Crippen LogP contribution in [0.4, 0.5) is 0 Å². The molecule has 37 heavy (non-hydrogen) atoms. The highest BCUT2D eigenvalue weighted by molar-refractivity contribution is 6.04. The lowest BCUT2D eigenvalue weighted by molar-refractivity contribution is -0.118. The van der Waals surface area contributed by atoms with Crippen molar-refractivity contribution in [3.05, 3.63) is 112 Å². The molecule has 0 saturated carbocycles. The Hall–Kier alpha value is -4.59. The fourth-order valence-electron chi connectivity index (χ4n) is 3.95. The first-order valence-electron chi connectivity index (χ1n) is 12.0. The van der Waals surface area contributed by atoms with Crippen molar-refractivity contribution in [1.29, 1.82) is 0 Å². The molecule has 1 N–H and O–H groups in total. The summed E-state index contributed by atoms with van der Waals surface area (Å²) < 4.78 is 6.56. The van der Waals surface area contributed by atoms with Crippen LogP contribution in [0.3, 0.4) is 0 Å². The Morgan fingerprint density at radius 1 is 0.865 bits per heavy atom. The highest BCUT2D eigenvalue weighted by Gasteiger charge is 2.19. The zero-order valence-corrected chi connectivity index (χ0v) is 20.5. The van der Waals surface area contributed by atoms with Gasteiger partial charge in [0.1, 0.15) is 0 Å². The number of carbonyl (C=O) groups is 3. The van der Waals surface area contributed by atoms with Gasteiger partial charge < -0.3 is 10.1 Å². The third-order valence-electron chi connectivity index (χ3n) is 5.86. The van der Waals surface area contributed by atoms with Crippen LogP contribution in [0, 0.1) is 0 Å². The van der Waals surface area contributed by atoms with Gasteiger partial charge in [0.25, 0.3) is 5.56 Å². The Bertz CT molecular complexity index is 1480. The van der Waals surface area contributed by atoms with Crippen molar-refractivity contribution in [3.63, 3.8) is 0 Å². The number of amides is 1. The maximum absolute atomic E-state index is 13.0. The molecule has 0 aliphatic carbocycles. The number of hydrogen-bond donors (Lipinski definition) is 1. The van der Waals surface area contributed by atoms with Crippen LogP contribution >= 0.6 is 0 Å². The van der Waals surface area contributed by atoms with Crippen LogP contribution in [-0.4, -0.2) is 40.6 Å². The predicted molar refractivity (Wildman–Crippen MR) is 140 cm³/mol. The van der Waals surface area contributed by atoms with E-state index in [9.17, 15) is 19.2 Å². The van der Waals surface area contributed by atoms with Crippen LogP contribution in [0.15, 0.2) is 83.7 Å². The maximum Gasteiger partial charge on any atom is 0.359 e. The first-order chi connectivity index (χ1) is 17.9. The van der Waals surface area contributed by atoms with Crippen molar-refractivity contribution in [2.24, 2.45) is 0 Å². The van der Waals surface area contributed by atoms with Crippen LogP contribution < -0.4 is 10.9 Å². The molecule has 3 aromatic carbocycles. The van der Waals surface area contributed by atoms with Crippen molar-refractivity contribution in [2.75, 3.05) is 13.2 Å². The molecule has 1 aromatic heterocycles. The number of aryl methyl sites for hydroxylation is 1. The minimum Gasteiger partial charge on any atom is -0.452 e. The van der Waals surface area contributed by atoms with Gasteiger partial charge in [-0.3, -0.25) is 14.4 Å². The van der Waals surface area contributed by atoms with Gasteiger partial charge in [0.2, 0.25) is 5.91 Å². The quantitative estimate of drug-likeness (QED) is 0.204. The lowest BCUT2D eigenvalue weighted by atomic mass is 10.1. The molecule has 4 aromatic rings. The predicted octanol–water partition coefficient (Wildman–Crippen LogP) is 3.55. The van der Waals surface area contributed by atoms with Crippen LogP contribution in [-0.2, 0) is 22.5 Å². The highest BCUT2D eigenvalue weighted by Crippen LogP contribution is 2.15. The van der Waals surface area contributed by atoms with Gasteiger partial charge in [-0.25, -0.2) is 9.48 Å². The molecule has 1 amide bonds. The number of rotatable bonds is 10. The average Bonchev–Trinajstić information content (AvgIpc) is 2.92. The number of esters is 1. The van der Waals surface area contributed by atoms with E-state index in [-0.39, 0.29) is 29.5 Å². The minimum atomic E-state index is -0.777. The number of hydrogen-bond acceptors (Lipinski definition) is 6. The van der Waals surface area contributed by atoms with E-state index in [1.807, 2.05) is 42.5 Å². The summed E-state index contributed by atoms with van der Waals surface area (Å²) in [6.07, 6.45) is 1.55. The van der Waals surface area contributed by atoms with E-state index < -0.39 is 12.6 Å². The van der Waals surface area contributed by atoms with Crippen molar-refractivity contribution in [1.82, 2.24) is 15.1 Å². The van der Waals surface area contributed by atoms with Crippen molar-refractivity contribution in [3.8, 4) is 0 Å². The molecule has 0 atom stereocenters. The van der Waals surface area contributed by atoms with E-state index >= 15 is 0 Å². The molecular formula is C29H27N3O5. The standard InChI is InChI=1S/C29H27N3O5/c1-20(33)30-17-7-10-21-13-15-23(16-14-21)26(34)19-37-29(36)27-24-11-5-6-12-25(24)28(35)32(31-27)18-22-8-3-2-4-9-22/h2-6,8-9,11-16H,7,10,17-19H2,1H3,(H,30,33). The van der Waals surface area contributed by atoms with Gasteiger partial charge in [-0.15, -0.1) is 0 Å². The Morgan fingerprint density at radius 2 is 1.54 bits per heavy atom. The first-order valence-corrected chi connectivity index (χ1v) is 12.0. The molecule has 0 aliphatic heterocycles. The molecule has 188 valence electrons. The van der Waals surface area contributed by atoms with Gasteiger partial charge in [0.05, 0.1) is 11.9 Å². The molecule has 0 unspecified atom stereocenters. The lowest BCUT2D eigenvalue weighted by Crippen LogP contribution is -2.27. The number of fused-ring (bicyclic) bond motifs is 1. The molecule has 0 radical (unpaired) electrons. The maximum atomic E-state index is 13.0. The summed E-state index contributed by atoms with van der Waals surface area (Å²) in [6, 6.07) is 23.1. The minimum absolute atomic E-state index is 0.0200. The summed E-state index contributed by atoms with van der Waals surface area (Å²) in [5.41, 5.74) is 1.98. The molecule has 8 nitrogen and oxygen atoms in total. The first kappa shape index (κ1) is 25.5. The van der Waals surface area contributed by atoms with E-state index in [2.05, 4.69) is 10.4 Å². The fraction of sp³-hybridized carbons (Fsp3) is 0.207. The van der Waals surface area contributed by atoms with Crippen LogP contribution in [0.2, 0.25) is 0 Å². The van der Waals surface area contributed by atoms with E-state index in [1.54, 1.807) is 36.4 Å². The number of Topliss-reactive ketones (excluding diaryl/α,β-unsaturated/α-hetero) is 1. The van der Waals surface area contributed by atoms with E-state index in [4.69, 9.17) is 4.74 Å². The summed E-state index contributed by atoms with van der Waals surface area (Å²) in [5.74, 6) is -1.19. The van der Waals surface area contributed by atoms with E-state index in [0.29, 0.717) is 22.9 Å². The SMILES string of the molecule is CC(=O)NCCCc1ccc(C(=O)COC(=O)c2nn(Cc3ccccc3)c(=O)c3ccccc23)cc1. The topological polar surface area (TPSA) is 107 Å². The number of carbonyl (C=O) groups excluding carboxylic acids is 3. The second-order valence-electron chi connectivity index (χ2n) is 8.63. The van der Waals surface area contributed by atoms with Crippen molar-refractivity contribution in [2.45, 2.75) is 26.3 Å². The fourth-order valence-corrected chi connectivity index (χ4v) is 3.95. The zero-order valence-electron chi connectivity index (χ0n) is 20.5. The van der Waals surface area contributed by atoms with Gasteiger partial charge in [-0.05, 0) is 30.0 Å². The summed E-state index contributed by atoms with van der Waals surface area (Å²) >= 11 is 0. The summed E-state index contributed by atoms with van der Waals surface area (Å²) in [7, 11) is 0. The number of nitrogens with zero attached hydrogens (tertiary/aromatic N) is 2. The number of aromatic nitrogens is 2. The van der Waals surface area contributed by atoms with Crippen LogP contribution in [0.25, 0.3) is 10.8 Å². The zero-order chi connectivity index (χ0) is 26.2. The molecule has 8 heteroatoms. The van der Waals surface area contributed by atoms with Gasteiger partial charge in [0.15, 0.2) is 18.1 Å². The smallest absolute Gasteiger partial charge is 0.359 e. The van der Waals surface area contributed by atoms with Crippen molar-refractivity contribution < 1.29 is 19.1 Å². The molecule has 0 fully saturated rings. The Kier molecular flexibility index (Phi) is 8.20. The second-order valence-corrected chi connectivity index (χ2v) is 8.63. The number of nitrogens with one attached hydrogen (secondary N) is 1. The molecule has 4 rings (SSSR count). The monoisotopic (exact) mass is 497 g/mol. The normalized spacial score (nSPS) is 10.7.